The van der Waals surface area contributed by atoms with Gasteiger partial charge in [0.15, 0.2) is 4.80 Å². The number of hydrogen-bond acceptors (Lipinski definition) is 6. The molecular formula is C23H26FN3O5S2. The van der Waals surface area contributed by atoms with Gasteiger partial charge in [0.05, 0.1) is 28.3 Å². The Morgan fingerprint density at radius 3 is 2.38 bits per heavy atom. The molecule has 2 aromatic carbocycles. The van der Waals surface area contributed by atoms with Gasteiger partial charge in [0.25, 0.3) is 5.91 Å². The molecule has 1 amide bonds. The van der Waals surface area contributed by atoms with Crippen LogP contribution in [0.2, 0.25) is 0 Å². The van der Waals surface area contributed by atoms with E-state index in [0.29, 0.717) is 16.0 Å². The number of methoxy groups -OCH3 is 2. The molecule has 1 aromatic heterocycles. The van der Waals surface area contributed by atoms with Gasteiger partial charge in [-0.25, -0.2) is 12.8 Å². The number of rotatable bonds is 11. The first kappa shape index (κ1) is 25.9. The van der Waals surface area contributed by atoms with Gasteiger partial charge in [-0.15, -0.1) is 6.58 Å². The van der Waals surface area contributed by atoms with Crippen LogP contribution in [0.4, 0.5) is 4.39 Å². The summed E-state index contributed by atoms with van der Waals surface area (Å²) in [7, 11) is -0.806. The SMILES string of the molecule is C=CCn1c(=NC(=O)c2ccc(S(=O)(=O)N(CCOC)CCOC)cc2)sc2cc(F)ccc21. The van der Waals surface area contributed by atoms with Crippen molar-refractivity contribution in [2.24, 2.45) is 4.99 Å². The van der Waals surface area contributed by atoms with E-state index < -0.39 is 15.9 Å². The van der Waals surface area contributed by atoms with Crippen molar-refractivity contribution in [3.05, 3.63) is 71.3 Å². The summed E-state index contributed by atoms with van der Waals surface area (Å²) in [6.45, 7) is 4.95. The molecule has 0 spiro atoms. The van der Waals surface area contributed by atoms with E-state index in [4.69, 9.17) is 9.47 Å². The van der Waals surface area contributed by atoms with E-state index in [9.17, 15) is 17.6 Å². The second-order valence-electron chi connectivity index (χ2n) is 7.23. The number of fused-ring (bicyclic) bond motifs is 1. The first-order valence-corrected chi connectivity index (χ1v) is 12.6. The quantitative estimate of drug-likeness (QED) is 0.372. The summed E-state index contributed by atoms with van der Waals surface area (Å²) in [6.07, 6.45) is 1.66. The van der Waals surface area contributed by atoms with Crippen molar-refractivity contribution in [3.63, 3.8) is 0 Å². The number of ether oxygens (including phenoxy) is 2. The van der Waals surface area contributed by atoms with E-state index in [-0.39, 0.29) is 42.6 Å². The van der Waals surface area contributed by atoms with Crippen molar-refractivity contribution in [2.45, 2.75) is 11.4 Å². The number of hydrogen-bond donors (Lipinski definition) is 0. The zero-order valence-electron chi connectivity index (χ0n) is 18.9. The number of allylic oxidation sites excluding steroid dienone is 1. The Hall–Kier alpha value is -2.70. The Labute approximate surface area is 201 Å². The van der Waals surface area contributed by atoms with Crippen LogP contribution in [0.5, 0.6) is 0 Å². The van der Waals surface area contributed by atoms with Gasteiger partial charge in [-0.2, -0.15) is 9.30 Å². The number of thiazole rings is 1. The summed E-state index contributed by atoms with van der Waals surface area (Å²) in [5.74, 6) is -0.913. The van der Waals surface area contributed by atoms with Crippen LogP contribution in [0.1, 0.15) is 10.4 Å². The first-order chi connectivity index (χ1) is 16.3. The minimum Gasteiger partial charge on any atom is -0.383 e. The maximum absolute atomic E-state index is 13.6. The standard InChI is InChI=1S/C23H26FN3O5S2/c1-4-11-27-20-10-7-18(24)16-21(20)33-23(27)25-22(28)17-5-8-19(9-6-17)34(29,30)26(12-14-31-2)13-15-32-3/h4-10,16H,1,11-15H2,2-3H3. The number of halogens is 1. The van der Waals surface area contributed by atoms with Crippen molar-refractivity contribution < 1.29 is 27.1 Å². The monoisotopic (exact) mass is 507 g/mol. The first-order valence-electron chi connectivity index (χ1n) is 10.4. The van der Waals surface area contributed by atoms with Gasteiger partial charge in [0.2, 0.25) is 10.0 Å². The lowest BCUT2D eigenvalue weighted by molar-refractivity contribution is 0.0997. The summed E-state index contributed by atoms with van der Waals surface area (Å²) in [5.41, 5.74) is 0.972. The highest BCUT2D eigenvalue weighted by Crippen LogP contribution is 2.20. The van der Waals surface area contributed by atoms with Crippen LogP contribution in [-0.4, -0.2) is 63.7 Å². The lowest BCUT2D eigenvalue weighted by Crippen LogP contribution is -2.36. The van der Waals surface area contributed by atoms with Gasteiger partial charge in [0, 0.05) is 39.4 Å². The van der Waals surface area contributed by atoms with Gasteiger partial charge < -0.3 is 14.0 Å². The second kappa shape index (κ2) is 11.6. The van der Waals surface area contributed by atoms with E-state index in [2.05, 4.69) is 11.6 Å². The summed E-state index contributed by atoms with van der Waals surface area (Å²) < 4.78 is 53.4. The van der Waals surface area contributed by atoms with Gasteiger partial charge in [0.1, 0.15) is 5.82 Å². The van der Waals surface area contributed by atoms with Crippen LogP contribution in [0.3, 0.4) is 0 Å². The van der Waals surface area contributed by atoms with Crippen molar-refractivity contribution in [2.75, 3.05) is 40.5 Å². The molecule has 0 aliphatic rings. The number of benzene rings is 2. The summed E-state index contributed by atoms with van der Waals surface area (Å²) in [6, 6.07) is 9.98. The van der Waals surface area contributed by atoms with E-state index in [1.807, 2.05) is 0 Å². The zero-order chi connectivity index (χ0) is 24.7. The molecule has 34 heavy (non-hydrogen) atoms. The van der Waals surface area contributed by atoms with Crippen LogP contribution in [0, 0.1) is 5.82 Å². The smallest absolute Gasteiger partial charge is 0.279 e. The fourth-order valence-corrected chi connectivity index (χ4v) is 5.72. The molecule has 3 rings (SSSR count). The van der Waals surface area contributed by atoms with E-state index in [1.54, 1.807) is 16.7 Å². The fourth-order valence-electron chi connectivity index (χ4n) is 3.25. The molecule has 0 fully saturated rings. The van der Waals surface area contributed by atoms with Crippen molar-refractivity contribution >= 4 is 37.5 Å². The van der Waals surface area contributed by atoms with Gasteiger partial charge in [-0.1, -0.05) is 17.4 Å². The van der Waals surface area contributed by atoms with Crippen LogP contribution in [0.15, 0.2) is 65.0 Å². The third kappa shape index (κ3) is 5.86. The lowest BCUT2D eigenvalue weighted by Gasteiger charge is -2.21. The minimum absolute atomic E-state index is 0.0512. The Bertz CT molecular complexity index is 1320. The van der Waals surface area contributed by atoms with Crippen molar-refractivity contribution in [1.82, 2.24) is 8.87 Å². The maximum Gasteiger partial charge on any atom is 0.279 e. The number of nitrogens with zero attached hydrogens (tertiary/aromatic N) is 3. The molecule has 0 atom stereocenters. The van der Waals surface area contributed by atoms with Crippen molar-refractivity contribution in [1.29, 1.82) is 0 Å². The highest BCUT2D eigenvalue weighted by molar-refractivity contribution is 7.89. The highest BCUT2D eigenvalue weighted by atomic mass is 32.2. The molecule has 0 saturated heterocycles. The molecule has 0 unspecified atom stereocenters. The lowest BCUT2D eigenvalue weighted by atomic mass is 10.2. The molecule has 11 heteroatoms. The topological polar surface area (TPSA) is 90.2 Å². The fraction of sp³-hybridized carbons (Fsp3) is 0.304. The van der Waals surface area contributed by atoms with Crippen LogP contribution in [-0.2, 0) is 26.0 Å². The Morgan fingerprint density at radius 2 is 1.79 bits per heavy atom. The Kier molecular flexibility index (Phi) is 8.86. The number of amides is 1. The number of sulfonamides is 1. The molecule has 8 nitrogen and oxygen atoms in total. The third-order valence-corrected chi connectivity index (χ3v) is 7.94. The molecule has 3 aromatic rings. The summed E-state index contributed by atoms with van der Waals surface area (Å²) in [5, 5.41) is 0. The third-order valence-electron chi connectivity index (χ3n) is 4.98. The predicted octanol–water partition coefficient (Wildman–Crippen LogP) is 3.05. The molecule has 182 valence electrons. The highest BCUT2D eigenvalue weighted by Gasteiger charge is 2.24. The molecule has 0 saturated carbocycles. The molecule has 0 bridgehead atoms. The Balaban J connectivity index is 1.91. The van der Waals surface area contributed by atoms with Crippen LogP contribution >= 0.6 is 11.3 Å². The van der Waals surface area contributed by atoms with E-state index in [0.717, 1.165) is 5.52 Å². The maximum atomic E-state index is 13.6. The molecule has 0 aliphatic carbocycles. The van der Waals surface area contributed by atoms with E-state index >= 15 is 0 Å². The molecule has 0 radical (unpaired) electrons. The summed E-state index contributed by atoms with van der Waals surface area (Å²) >= 11 is 1.19. The number of carbonyl (C=O) groups is 1. The van der Waals surface area contributed by atoms with Gasteiger partial charge in [-0.05, 0) is 42.5 Å². The average Bonchev–Trinajstić information content (AvgIpc) is 3.15. The van der Waals surface area contributed by atoms with E-state index in [1.165, 1.54) is 66.3 Å². The van der Waals surface area contributed by atoms with Crippen LogP contribution < -0.4 is 4.80 Å². The summed E-state index contributed by atoms with van der Waals surface area (Å²) in [4.78, 5) is 17.5. The predicted molar refractivity (Wildman–Crippen MR) is 129 cm³/mol. The number of aromatic nitrogens is 1. The van der Waals surface area contributed by atoms with Crippen molar-refractivity contribution in [3.8, 4) is 0 Å². The molecule has 0 aliphatic heterocycles. The van der Waals surface area contributed by atoms with Gasteiger partial charge in [-0.3, -0.25) is 4.79 Å². The van der Waals surface area contributed by atoms with Crippen LogP contribution in [0.25, 0.3) is 10.2 Å². The molecule has 1 heterocycles. The second-order valence-corrected chi connectivity index (χ2v) is 10.2. The normalized spacial score (nSPS) is 12.5. The van der Waals surface area contributed by atoms with Gasteiger partial charge >= 0.3 is 0 Å². The Morgan fingerprint density at radius 1 is 1.15 bits per heavy atom. The minimum atomic E-state index is -3.80. The largest absolute Gasteiger partial charge is 0.383 e. The molecular weight excluding hydrogens is 481 g/mol. The zero-order valence-corrected chi connectivity index (χ0v) is 20.6. The molecule has 0 N–H and O–H groups in total. The number of carbonyl (C=O) groups excluding carboxylic acids is 1. The average molecular weight is 508 g/mol.